The zero-order valence-electron chi connectivity index (χ0n) is 24.6. The van der Waals surface area contributed by atoms with Gasteiger partial charge in [-0.3, -0.25) is 4.79 Å². The maximum absolute atomic E-state index is 13.6. The summed E-state index contributed by atoms with van der Waals surface area (Å²) >= 11 is 0. The van der Waals surface area contributed by atoms with Crippen LogP contribution in [0.5, 0.6) is 0 Å². The van der Waals surface area contributed by atoms with Gasteiger partial charge in [0.05, 0.1) is 16.7 Å². The molecule has 0 unspecified atom stereocenters. The Labute approximate surface area is 267 Å². The highest BCUT2D eigenvalue weighted by atomic mass is 16.7. The summed E-state index contributed by atoms with van der Waals surface area (Å²) in [5.74, 6) is 0.0211. The Hall–Kier alpha value is -6.32. The van der Waals surface area contributed by atoms with Crippen LogP contribution in [0.25, 0.3) is 11.0 Å². The number of nitrogens with two attached hydrogens (primary N) is 1. The maximum Gasteiger partial charge on any atom is 0.339 e. The molecule has 3 aromatic carbocycles. The van der Waals surface area contributed by atoms with Crippen molar-refractivity contribution in [1.82, 2.24) is 14.5 Å². The molecule has 1 saturated heterocycles. The summed E-state index contributed by atoms with van der Waals surface area (Å²) in [6, 6.07) is 25.5. The molecule has 0 bridgehead atoms. The number of anilines is 1. The number of benzene rings is 3. The van der Waals surface area contributed by atoms with Crippen LogP contribution >= 0.6 is 0 Å². The second-order valence-electron chi connectivity index (χ2n) is 10.4. The Morgan fingerprint density at radius 1 is 0.851 bits per heavy atom. The van der Waals surface area contributed by atoms with E-state index in [4.69, 9.17) is 31.1 Å². The third-order valence-corrected chi connectivity index (χ3v) is 7.59. The van der Waals surface area contributed by atoms with Gasteiger partial charge in [0.25, 0.3) is 0 Å². The van der Waals surface area contributed by atoms with Gasteiger partial charge in [0.15, 0.2) is 17.3 Å². The van der Waals surface area contributed by atoms with Crippen molar-refractivity contribution in [3.63, 3.8) is 0 Å². The van der Waals surface area contributed by atoms with Crippen LogP contribution in [0.2, 0.25) is 0 Å². The Morgan fingerprint density at radius 2 is 1.43 bits per heavy atom. The first-order chi connectivity index (χ1) is 22.8. The molecule has 0 aliphatic carbocycles. The molecule has 0 amide bonds. The SMILES string of the molecule is C#C[C@@]1(OC(=O)c2ccccc2)[C@@H](COC(=O)c2ccccc2)O[C@@H](n2ccc(=O)c3c(N)ncnc32)[C@@H]1OC(=O)c1ccccc1. The summed E-state index contributed by atoms with van der Waals surface area (Å²) in [5.41, 5.74) is 3.98. The van der Waals surface area contributed by atoms with Crippen LogP contribution in [-0.4, -0.2) is 56.9 Å². The molecule has 3 heterocycles. The maximum atomic E-state index is 13.6. The van der Waals surface area contributed by atoms with E-state index in [9.17, 15) is 19.2 Å². The molecule has 12 heteroatoms. The van der Waals surface area contributed by atoms with Crippen LogP contribution in [0.15, 0.2) is 114 Å². The lowest BCUT2D eigenvalue weighted by molar-refractivity contribution is -0.0782. The molecule has 1 aliphatic heterocycles. The van der Waals surface area contributed by atoms with E-state index < -0.39 is 54.0 Å². The molecule has 4 atom stereocenters. The molecule has 0 saturated carbocycles. The molecule has 0 spiro atoms. The highest BCUT2D eigenvalue weighted by Gasteiger charge is 2.63. The van der Waals surface area contributed by atoms with Crippen LogP contribution in [0.4, 0.5) is 5.82 Å². The molecule has 12 nitrogen and oxygen atoms in total. The van der Waals surface area contributed by atoms with E-state index in [1.807, 2.05) is 0 Å². The van der Waals surface area contributed by atoms with Crippen molar-refractivity contribution in [1.29, 1.82) is 0 Å². The Bertz CT molecular complexity index is 2050. The zero-order valence-corrected chi connectivity index (χ0v) is 24.6. The zero-order chi connectivity index (χ0) is 33.0. The molecule has 2 aromatic heterocycles. The van der Waals surface area contributed by atoms with E-state index in [1.54, 1.807) is 66.7 Å². The Morgan fingerprint density at radius 3 is 2.02 bits per heavy atom. The summed E-state index contributed by atoms with van der Waals surface area (Å²) in [4.78, 5) is 61.2. The molecule has 234 valence electrons. The number of fused-ring (bicyclic) bond motifs is 1. The Kier molecular flexibility index (Phi) is 8.46. The molecular formula is C35H26N4O8. The fraction of sp³-hybridized carbons (Fsp3) is 0.143. The number of pyridine rings is 1. The number of carbonyl (C=O) groups excluding carboxylic acids is 3. The minimum absolute atomic E-state index is 0.0259. The van der Waals surface area contributed by atoms with Crippen molar-refractivity contribution in [3.8, 4) is 12.3 Å². The second kappa shape index (κ2) is 13.0. The molecule has 5 aromatic rings. The van der Waals surface area contributed by atoms with Gasteiger partial charge >= 0.3 is 17.9 Å². The number of hydrogen-bond donors (Lipinski definition) is 1. The molecule has 0 radical (unpaired) electrons. The van der Waals surface area contributed by atoms with Crippen LogP contribution in [0, 0.1) is 12.3 Å². The van der Waals surface area contributed by atoms with Crippen LogP contribution < -0.4 is 11.2 Å². The van der Waals surface area contributed by atoms with E-state index in [0.717, 1.165) is 6.33 Å². The molecule has 1 aliphatic rings. The van der Waals surface area contributed by atoms with E-state index in [0.29, 0.717) is 0 Å². The second-order valence-corrected chi connectivity index (χ2v) is 10.4. The molecule has 6 rings (SSSR count). The lowest BCUT2D eigenvalue weighted by Crippen LogP contribution is -2.53. The number of rotatable bonds is 8. The quantitative estimate of drug-likeness (QED) is 0.152. The van der Waals surface area contributed by atoms with Gasteiger partial charge in [0, 0.05) is 12.3 Å². The number of ether oxygens (including phenoxy) is 4. The molecule has 2 N–H and O–H groups in total. The van der Waals surface area contributed by atoms with Gasteiger partial charge in [0.2, 0.25) is 11.7 Å². The van der Waals surface area contributed by atoms with Gasteiger partial charge in [-0.2, -0.15) is 0 Å². The topological polar surface area (TPSA) is 162 Å². The minimum Gasteiger partial charge on any atom is -0.459 e. The van der Waals surface area contributed by atoms with Gasteiger partial charge in [-0.25, -0.2) is 24.4 Å². The third-order valence-electron chi connectivity index (χ3n) is 7.59. The first-order valence-corrected chi connectivity index (χ1v) is 14.3. The average Bonchev–Trinajstić information content (AvgIpc) is 3.40. The van der Waals surface area contributed by atoms with Crippen LogP contribution in [0.1, 0.15) is 37.3 Å². The fourth-order valence-electron chi connectivity index (χ4n) is 5.27. The monoisotopic (exact) mass is 630 g/mol. The lowest BCUT2D eigenvalue weighted by atomic mass is 9.92. The van der Waals surface area contributed by atoms with E-state index in [1.165, 1.54) is 41.1 Å². The normalized spacial score (nSPS) is 20.2. The standard InChI is InChI=1S/C35H26N4O8/c1-2-35(47-34(43)24-16-10-5-11-17-24)26(20-44-32(41)22-12-6-3-7-13-22)45-31(28(35)46-33(42)23-14-8-4-9-15-23)39-19-18-25(40)27-29(36)37-21-38-30(27)39/h1,3-19,21,26,28,31H,20H2,(H2,36,37,38)/t26-,28+,31-,35-/m1/s1. The predicted octanol–water partition coefficient (Wildman–Crippen LogP) is 3.58. The summed E-state index contributed by atoms with van der Waals surface area (Å²) < 4.78 is 25.5. The van der Waals surface area contributed by atoms with Crippen molar-refractivity contribution in [3.05, 3.63) is 136 Å². The van der Waals surface area contributed by atoms with Gasteiger partial charge in [-0.05, 0) is 36.4 Å². The van der Waals surface area contributed by atoms with E-state index in [-0.39, 0.29) is 33.5 Å². The largest absolute Gasteiger partial charge is 0.459 e. The van der Waals surface area contributed by atoms with Crippen LogP contribution in [0.3, 0.4) is 0 Å². The van der Waals surface area contributed by atoms with Gasteiger partial charge in [-0.15, -0.1) is 6.42 Å². The van der Waals surface area contributed by atoms with Gasteiger partial charge in [-0.1, -0.05) is 60.5 Å². The van der Waals surface area contributed by atoms with Crippen molar-refractivity contribution < 1.29 is 33.3 Å². The molecular weight excluding hydrogens is 604 g/mol. The van der Waals surface area contributed by atoms with Gasteiger partial charge < -0.3 is 29.2 Å². The molecule has 1 fully saturated rings. The Balaban J connectivity index is 1.49. The lowest BCUT2D eigenvalue weighted by Gasteiger charge is -2.33. The number of aromatic nitrogens is 3. The summed E-state index contributed by atoms with van der Waals surface area (Å²) in [6.45, 7) is -0.523. The molecule has 47 heavy (non-hydrogen) atoms. The summed E-state index contributed by atoms with van der Waals surface area (Å²) in [5, 5.41) is -0.0294. The van der Waals surface area contributed by atoms with Crippen molar-refractivity contribution >= 4 is 34.8 Å². The number of esters is 3. The van der Waals surface area contributed by atoms with Crippen molar-refractivity contribution in [2.45, 2.75) is 24.0 Å². The number of nitrogen functional groups attached to an aromatic ring is 1. The highest BCUT2D eigenvalue weighted by molar-refractivity contribution is 5.91. The number of terminal acetylenes is 1. The minimum atomic E-state index is -2.17. The first kappa shape index (κ1) is 30.7. The van der Waals surface area contributed by atoms with E-state index in [2.05, 4.69) is 15.9 Å². The van der Waals surface area contributed by atoms with E-state index >= 15 is 0 Å². The summed E-state index contributed by atoms with van der Waals surface area (Å²) in [6.07, 6.45) is 4.33. The van der Waals surface area contributed by atoms with Crippen LogP contribution in [-0.2, 0) is 18.9 Å². The highest BCUT2D eigenvalue weighted by Crippen LogP contribution is 2.43. The van der Waals surface area contributed by atoms with Crippen molar-refractivity contribution in [2.75, 3.05) is 12.3 Å². The number of hydrogen-bond acceptors (Lipinski definition) is 11. The number of nitrogens with zero attached hydrogens (tertiary/aromatic N) is 3. The average molecular weight is 631 g/mol. The van der Waals surface area contributed by atoms with Gasteiger partial charge in [0.1, 0.15) is 30.2 Å². The summed E-state index contributed by atoms with van der Waals surface area (Å²) in [7, 11) is 0. The fourth-order valence-corrected chi connectivity index (χ4v) is 5.27. The smallest absolute Gasteiger partial charge is 0.339 e. The third kappa shape index (κ3) is 5.90. The number of carbonyl (C=O) groups is 3. The predicted molar refractivity (Wildman–Crippen MR) is 168 cm³/mol. The first-order valence-electron chi connectivity index (χ1n) is 14.3. The van der Waals surface area contributed by atoms with Crippen molar-refractivity contribution in [2.24, 2.45) is 0 Å².